The standard InChI is InChI=1S/C9H18FNO/c1-3-9(10)7-12-6-8-4-11(2)5-8/h8-9H,3-7H2,1-2H3/t9-/m1/s1. The molecule has 1 aliphatic heterocycles. The zero-order valence-electron chi connectivity index (χ0n) is 7.92. The number of nitrogens with zero attached hydrogens (tertiary/aromatic N) is 1. The Labute approximate surface area is 73.7 Å². The molecule has 0 amide bonds. The van der Waals surface area contributed by atoms with Crippen molar-refractivity contribution in [1.82, 2.24) is 4.90 Å². The van der Waals surface area contributed by atoms with E-state index in [1.165, 1.54) is 0 Å². The number of hydrogen-bond acceptors (Lipinski definition) is 2. The third kappa shape index (κ3) is 3.07. The predicted octanol–water partition coefficient (Wildman–Crippen LogP) is 1.31. The van der Waals surface area contributed by atoms with Crippen molar-refractivity contribution >= 4 is 0 Å². The maximum absolute atomic E-state index is 12.6. The van der Waals surface area contributed by atoms with Gasteiger partial charge in [-0.2, -0.15) is 0 Å². The van der Waals surface area contributed by atoms with Gasteiger partial charge < -0.3 is 9.64 Å². The van der Waals surface area contributed by atoms with E-state index in [1.807, 2.05) is 6.92 Å². The van der Waals surface area contributed by atoms with Gasteiger partial charge in [0.05, 0.1) is 13.2 Å². The molecule has 3 heteroatoms. The van der Waals surface area contributed by atoms with Crippen LogP contribution in [0, 0.1) is 5.92 Å². The second-order valence-electron chi connectivity index (χ2n) is 3.63. The number of rotatable bonds is 5. The summed E-state index contributed by atoms with van der Waals surface area (Å²) in [6.07, 6.45) is -0.215. The summed E-state index contributed by atoms with van der Waals surface area (Å²) in [4.78, 5) is 2.24. The molecule has 0 aromatic heterocycles. The molecule has 12 heavy (non-hydrogen) atoms. The van der Waals surface area contributed by atoms with E-state index in [4.69, 9.17) is 4.74 Å². The molecule has 1 atom stereocenters. The average molecular weight is 175 g/mol. The van der Waals surface area contributed by atoms with Crippen LogP contribution in [-0.4, -0.2) is 44.4 Å². The highest BCUT2D eigenvalue weighted by Gasteiger charge is 2.23. The molecule has 1 saturated heterocycles. The topological polar surface area (TPSA) is 12.5 Å². The SMILES string of the molecule is CC[C@@H](F)COCC1CN(C)C1. The first-order valence-electron chi connectivity index (χ1n) is 4.62. The summed E-state index contributed by atoms with van der Waals surface area (Å²) >= 11 is 0. The molecule has 2 nitrogen and oxygen atoms in total. The lowest BCUT2D eigenvalue weighted by Crippen LogP contribution is -2.46. The highest BCUT2D eigenvalue weighted by molar-refractivity contribution is 4.76. The minimum atomic E-state index is -0.775. The second-order valence-corrected chi connectivity index (χ2v) is 3.63. The normalized spacial score (nSPS) is 22.2. The lowest BCUT2D eigenvalue weighted by molar-refractivity contribution is 0.00741. The first-order chi connectivity index (χ1) is 5.72. The van der Waals surface area contributed by atoms with Gasteiger partial charge in [0.2, 0.25) is 0 Å². The Morgan fingerprint density at radius 2 is 2.25 bits per heavy atom. The lowest BCUT2D eigenvalue weighted by atomic mass is 10.0. The van der Waals surface area contributed by atoms with E-state index >= 15 is 0 Å². The number of halogens is 1. The van der Waals surface area contributed by atoms with Crippen LogP contribution in [0.25, 0.3) is 0 Å². The number of likely N-dealkylation sites (tertiary alicyclic amines) is 1. The fourth-order valence-electron chi connectivity index (χ4n) is 1.41. The fourth-order valence-corrected chi connectivity index (χ4v) is 1.41. The maximum Gasteiger partial charge on any atom is 0.123 e. The summed E-state index contributed by atoms with van der Waals surface area (Å²) in [6.45, 7) is 5.04. The van der Waals surface area contributed by atoms with Crippen LogP contribution in [0.15, 0.2) is 0 Å². The Balaban J connectivity index is 1.89. The van der Waals surface area contributed by atoms with Crippen molar-refractivity contribution in [3.05, 3.63) is 0 Å². The van der Waals surface area contributed by atoms with Crippen LogP contribution in [0.4, 0.5) is 4.39 Å². The summed E-state index contributed by atoms with van der Waals surface area (Å²) in [5.41, 5.74) is 0. The number of hydrogen-bond donors (Lipinski definition) is 0. The molecule has 0 bridgehead atoms. The van der Waals surface area contributed by atoms with E-state index in [9.17, 15) is 4.39 Å². The fraction of sp³-hybridized carbons (Fsp3) is 1.00. The molecule has 0 N–H and O–H groups in total. The van der Waals surface area contributed by atoms with Gasteiger partial charge in [0.25, 0.3) is 0 Å². The van der Waals surface area contributed by atoms with Crippen molar-refractivity contribution in [1.29, 1.82) is 0 Å². The van der Waals surface area contributed by atoms with Gasteiger partial charge in [-0.3, -0.25) is 0 Å². The Kier molecular flexibility index (Phi) is 3.95. The van der Waals surface area contributed by atoms with Crippen molar-refractivity contribution in [3.8, 4) is 0 Å². The zero-order valence-corrected chi connectivity index (χ0v) is 7.92. The highest BCUT2D eigenvalue weighted by Crippen LogP contribution is 2.12. The van der Waals surface area contributed by atoms with Crippen LogP contribution in [0.2, 0.25) is 0 Å². The summed E-state index contributed by atoms with van der Waals surface area (Å²) in [5.74, 6) is 0.638. The maximum atomic E-state index is 12.6. The van der Waals surface area contributed by atoms with E-state index in [-0.39, 0.29) is 6.61 Å². The van der Waals surface area contributed by atoms with Gasteiger partial charge in [0.1, 0.15) is 6.17 Å². The van der Waals surface area contributed by atoms with Crippen molar-refractivity contribution in [2.75, 3.05) is 33.4 Å². The van der Waals surface area contributed by atoms with E-state index in [0.717, 1.165) is 19.7 Å². The van der Waals surface area contributed by atoms with Crippen molar-refractivity contribution < 1.29 is 9.13 Å². The average Bonchev–Trinajstić information content (AvgIpc) is 2.01. The summed E-state index contributed by atoms with van der Waals surface area (Å²) in [6, 6.07) is 0. The molecule has 1 aliphatic rings. The summed E-state index contributed by atoms with van der Waals surface area (Å²) < 4.78 is 17.9. The minimum absolute atomic E-state index is 0.275. The van der Waals surface area contributed by atoms with Crippen LogP contribution >= 0.6 is 0 Å². The summed E-state index contributed by atoms with van der Waals surface area (Å²) in [5, 5.41) is 0. The van der Waals surface area contributed by atoms with Crippen LogP contribution in [0.3, 0.4) is 0 Å². The predicted molar refractivity (Wildman–Crippen MR) is 47.0 cm³/mol. The Bertz CT molecular complexity index is 126. The van der Waals surface area contributed by atoms with Gasteiger partial charge >= 0.3 is 0 Å². The Morgan fingerprint density at radius 3 is 2.75 bits per heavy atom. The molecule has 0 spiro atoms. The van der Waals surface area contributed by atoms with Gasteiger partial charge in [-0.1, -0.05) is 6.92 Å². The van der Waals surface area contributed by atoms with E-state index in [1.54, 1.807) is 0 Å². The van der Waals surface area contributed by atoms with Gasteiger partial charge in [-0.05, 0) is 13.5 Å². The summed E-state index contributed by atoms with van der Waals surface area (Å²) in [7, 11) is 2.08. The minimum Gasteiger partial charge on any atom is -0.378 e. The molecule has 0 saturated carbocycles. The van der Waals surface area contributed by atoms with E-state index in [2.05, 4.69) is 11.9 Å². The molecule has 1 fully saturated rings. The molecular weight excluding hydrogens is 157 g/mol. The second kappa shape index (κ2) is 4.77. The molecule has 1 heterocycles. The Hall–Kier alpha value is -0.150. The van der Waals surface area contributed by atoms with Gasteiger partial charge in [0, 0.05) is 19.0 Å². The molecule has 0 unspecified atom stereocenters. The molecule has 0 aromatic carbocycles. The number of ether oxygens (including phenoxy) is 1. The lowest BCUT2D eigenvalue weighted by Gasteiger charge is -2.35. The van der Waals surface area contributed by atoms with Gasteiger partial charge in [-0.15, -0.1) is 0 Å². The third-order valence-electron chi connectivity index (χ3n) is 2.23. The van der Waals surface area contributed by atoms with Gasteiger partial charge in [-0.25, -0.2) is 4.39 Å². The van der Waals surface area contributed by atoms with Crippen LogP contribution in [-0.2, 0) is 4.74 Å². The Morgan fingerprint density at radius 1 is 1.58 bits per heavy atom. The number of alkyl halides is 1. The molecule has 72 valence electrons. The smallest absolute Gasteiger partial charge is 0.123 e. The van der Waals surface area contributed by atoms with Crippen molar-refractivity contribution in [2.24, 2.45) is 5.92 Å². The molecule has 0 radical (unpaired) electrons. The highest BCUT2D eigenvalue weighted by atomic mass is 19.1. The zero-order chi connectivity index (χ0) is 8.97. The molecule has 0 aliphatic carbocycles. The molecular formula is C9H18FNO. The van der Waals surface area contributed by atoms with Crippen LogP contribution in [0.5, 0.6) is 0 Å². The van der Waals surface area contributed by atoms with E-state index < -0.39 is 6.17 Å². The van der Waals surface area contributed by atoms with Crippen molar-refractivity contribution in [2.45, 2.75) is 19.5 Å². The van der Waals surface area contributed by atoms with Crippen LogP contribution < -0.4 is 0 Å². The van der Waals surface area contributed by atoms with E-state index in [0.29, 0.717) is 12.3 Å². The molecule has 0 aromatic rings. The largest absolute Gasteiger partial charge is 0.378 e. The first kappa shape index (κ1) is 9.93. The first-order valence-corrected chi connectivity index (χ1v) is 4.62. The monoisotopic (exact) mass is 175 g/mol. The van der Waals surface area contributed by atoms with Crippen LogP contribution in [0.1, 0.15) is 13.3 Å². The van der Waals surface area contributed by atoms with Gasteiger partial charge in [0.15, 0.2) is 0 Å². The van der Waals surface area contributed by atoms with Crippen molar-refractivity contribution in [3.63, 3.8) is 0 Å². The quantitative estimate of drug-likeness (QED) is 0.624. The molecule has 1 rings (SSSR count). The third-order valence-corrected chi connectivity index (χ3v) is 2.23.